The van der Waals surface area contributed by atoms with E-state index < -0.39 is 12.0 Å². The number of nitrogens with one attached hydrogen (secondary N) is 1. The largest absolute Gasteiger partial charge is 0.382 e. The number of hydrogen-bond donors (Lipinski definition) is 3. The fourth-order valence-electron chi connectivity index (χ4n) is 1.15. The highest BCUT2D eigenvalue weighted by atomic mass is 16.7. The van der Waals surface area contributed by atoms with E-state index in [1.807, 2.05) is 13.8 Å². The Kier molecular flexibility index (Phi) is 9.12. The highest BCUT2D eigenvalue weighted by Gasteiger charge is 2.11. The molecule has 0 aromatic heterocycles. The first-order valence-electron chi connectivity index (χ1n) is 5.53. The Balaban J connectivity index is 3.57. The zero-order valence-electron chi connectivity index (χ0n) is 9.94. The van der Waals surface area contributed by atoms with Gasteiger partial charge >= 0.3 is 0 Å². The number of carbonyl (C=O) groups excluding carboxylic acids is 1. The Morgan fingerprint density at radius 3 is 2.38 bits per heavy atom. The molecular weight excluding hydrogens is 212 g/mol. The molecule has 96 valence electrons. The highest BCUT2D eigenvalue weighted by Crippen LogP contribution is 1.99. The minimum Gasteiger partial charge on any atom is -0.382 e. The molecule has 1 unspecified atom stereocenters. The number of amides is 1. The Morgan fingerprint density at radius 1 is 1.38 bits per heavy atom. The molecule has 0 saturated heterocycles. The summed E-state index contributed by atoms with van der Waals surface area (Å²) in [7, 11) is 0. The van der Waals surface area contributed by atoms with Gasteiger partial charge in [-0.3, -0.25) is 4.79 Å². The lowest BCUT2D eigenvalue weighted by molar-refractivity contribution is -0.138. The Morgan fingerprint density at radius 2 is 1.94 bits per heavy atom. The van der Waals surface area contributed by atoms with E-state index in [9.17, 15) is 4.79 Å². The van der Waals surface area contributed by atoms with Gasteiger partial charge in [0.1, 0.15) is 6.10 Å². The van der Waals surface area contributed by atoms with Gasteiger partial charge in [0.25, 0.3) is 0 Å². The second kappa shape index (κ2) is 9.53. The number of carbonyl (C=O) groups is 1. The molecule has 6 nitrogen and oxygen atoms in total. The van der Waals surface area contributed by atoms with Crippen molar-refractivity contribution < 1.29 is 19.4 Å². The molecule has 0 fully saturated rings. The van der Waals surface area contributed by atoms with Crippen LogP contribution in [-0.2, 0) is 14.3 Å². The number of hydrogen-bond acceptors (Lipinski definition) is 5. The molecule has 1 atom stereocenters. The van der Waals surface area contributed by atoms with Crippen molar-refractivity contribution in [2.75, 3.05) is 26.3 Å². The van der Waals surface area contributed by atoms with Crippen LogP contribution in [0.1, 0.15) is 20.3 Å². The van der Waals surface area contributed by atoms with Gasteiger partial charge in [0.05, 0.1) is 0 Å². The summed E-state index contributed by atoms with van der Waals surface area (Å²) < 4.78 is 10.6. The van der Waals surface area contributed by atoms with Crippen molar-refractivity contribution in [1.82, 2.24) is 5.32 Å². The zero-order chi connectivity index (χ0) is 12.4. The van der Waals surface area contributed by atoms with Crippen LogP contribution >= 0.6 is 0 Å². The lowest BCUT2D eigenvalue weighted by Crippen LogP contribution is -2.38. The number of aliphatic hydroxyl groups is 1. The SMILES string of the molecule is CCOC(CCNCC(O)C(N)=O)OCC. The van der Waals surface area contributed by atoms with Crippen LogP contribution in [0.3, 0.4) is 0 Å². The summed E-state index contributed by atoms with van der Waals surface area (Å²) in [6.45, 7) is 5.73. The molecule has 0 bridgehead atoms. The van der Waals surface area contributed by atoms with Crippen molar-refractivity contribution >= 4 is 5.91 Å². The van der Waals surface area contributed by atoms with E-state index in [4.69, 9.17) is 20.3 Å². The van der Waals surface area contributed by atoms with Crippen LogP contribution in [-0.4, -0.2) is 49.7 Å². The van der Waals surface area contributed by atoms with E-state index >= 15 is 0 Å². The summed E-state index contributed by atoms with van der Waals surface area (Å²) in [5.74, 6) is -0.723. The van der Waals surface area contributed by atoms with Gasteiger partial charge in [-0.05, 0) is 13.8 Å². The average molecular weight is 234 g/mol. The Hall–Kier alpha value is -0.690. The van der Waals surface area contributed by atoms with Crippen molar-refractivity contribution in [3.05, 3.63) is 0 Å². The summed E-state index contributed by atoms with van der Waals surface area (Å²) in [5, 5.41) is 12.0. The van der Waals surface area contributed by atoms with Gasteiger partial charge in [-0.2, -0.15) is 0 Å². The smallest absolute Gasteiger partial charge is 0.247 e. The molecule has 0 aliphatic rings. The second-order valence-electron chi connectivity index (χ2n) is 3.25. The third-order valence-corrected chi connectivity index (χ3v) is 1.93. The van der Waals surface area contributed by atoms with Gasteiger partial charge in [0.15, 0.2) is 6.29 Å². The fraction of sp³-hybridized carbons (Fsp3) is 0.900. The first kappa shape index (κ1) is 15.3. The van der Waals surface area contributed by atoms with Gasteiger partial charge < -0.3 is 25.6 Å². The van der Waals surface area contributed by atoms with Crippen LogP contribution in [0.4, 0.5) is 0 Å². The monoisotopic (exact) mass is 234 g/mol. The van der Waals surface area contributed by atoms with Gasteiger partial charge in [-0.25, -0.2) is 0 Å². The van der Waals surface area contributed by atoms with Crippen molar-refractivity contribution in [2.45, 2.75) is 32.7 Å². The zero-order valence-corrected chi connectivity index (χ0v) is 9.94. The predicted octanol–water partition coefficient (Wildman–Crippen LogP) is -0.789. The molecule has 0 rings (SSSR count). The number of rotatable bonds is 10. The highest BCUT2D eigenvalue weighted by molar-refractivity contribution is 5.78. The van der Waals surface area contributed by atoms with E-state index in [1.165, 1.54) is 0 Å². The van der Waals surface area contributed by atoms with E-state index in [0.717, 1.165) is 0 Å². The minimum absolute atomic E-state index is 0.153. The molecule has 0 aromatic carbocycles. The van der Waals surface area contributed by atoms with Gasteiger partial charge in [0, 0.05) is 32.7 Å². The second-order valence-corrected chi connectivity index (χ2v) is 3.25. The van der Waals surface area contributed by atoms with Crippen molar-refractivity contribution in [3.63, 3.8) is 0 Å². The van der Waals surface area contributed by atoms with Crippen LogP contribution in [0.5, 0.6) is 0 Å². The average Bonchev–Trinajstić information content (AvgIpc) is 2.24. The Bertz CT molecular complexity index is 184. The summed E-state index contributed by atoms with van der Waals surface area (Å²) in [4.78, 5) is 10.5. The van der Waals surface area contributed by atoms with Crippen molar-refractivity contribution in [3.8, 4) is 0 Å². The van der Waals surface area contributed by atoms with Crippen LogP contribution in [0.2, 0.25) is 0 Å². The molecule has 0 spiro atoms. The van der Waals surface area contributed by atoms with E-state index in [0.29, 0.717) is 26.2 Å². The fourth-order valence-corrected chi connectivity index (χ4v) is 1.15. The quantitative estimate of drug-likeness (QED) is 0.340. The molecular formula is C10H22N2O4. The van der Waals surface area contributed by atoms with Crippen molar-refractivity contribution in [2.24, 2.45) is 5.73 Å². The molecule has 0 heterocycles. The number of primary amides is 1. The number of aliphatic hydroxyl groups excluding tert-OH is 1. The molecule has 16 heavy (non-hydrogen) atoms. The van der Waals surface area contributed by atoms with Crippen LogP contribution < -0.4 is 11.1 Å². The molecule has 0 aliphatic heterocycles. The lowest BCUT2D eigenvalue weighted by atomic mass is 10.3. The van der Waals surface area contributed by atoms with E-state index in [2.05, 4.69) is 5.32 Å². The van der Waals surface area contributed by atoms with E-state index in [1.54, 1.807) is 0 Å². The number of nitrogens with two attached hydrogens (primary N) is 1. The third-order valence-electron chi connectivity index (χ3n) is 1.93. The Labute approximate surface area is 96.1 Å². The van der Waals surface area contributed by atoms with Crippen molar-refractivity contribution in [1.29, 1.82) is 0 Å². The van der Waals surface area contributed by atoms with Crippen LogP contribution in [0.25, 0.3) is 0 Å². The summed E-state index contributed by atoms with van der Waals surface area (Å²) in [5.41, 5.74) is 4.90. The topological polar surface area (TPSA) is 93.8 Å². The summed E-state index contributed by atoms with van der Waals surface area (Å²) in [6, 6.07) is 0. The molecule has 0 radical (unpaired) electrons. The van der Waals surface area contributed by atoms with E-state index in [-0.39, 0.29) is 12.8 Å². The van der Waals surface area contributed by atoms with Gasteiger partial charge in [-0.15, -0.1) is 0 Å². The van der Waals surface area contributed by atoms with Crippen LogP contribution in [0, 0.1) is 0 Å². The van der Waals surface area contributed by atoms with Gasteiger partial charge in [0.2, 0.25) is 5.91 Å². The predicted molar refractivity (Wildman–Crippen MR) is 59.7 cm³/mol. The maximum absolute atomic E-state index is 10.5. The first-order valence-corrected chi connectivity index (χ1v) is 5.53. The molecule has 0 saturated carbocycles. The first-order chi connectivity index (χ1) is 7.61. The third kappa shape index (κ3) is 7.58. The molecule has 1 amide bonds. The lowest BCUT2D eigenvalue weighted by Gasteiger charge is -2.17. The molecule has 0 aromatic rings. The maximum atomic E-state index is 10.5. The van der Waals surface area contributed by atoms with Gasteiger partial charge in [-0.1, -0.05) is 0 Å². The van der Waals surface area contributed by atoms with Crippen LogP contribution in [0.15, 0.2) is 0 Å². The normalized spacial score (nSPS) is 13.0. The standard InChI is InChI=1S/C10H22N2O4/c1-3-15-9(16-4-2)5-6-12-7-8(13)10(11)14/h8-9,12-13H,3-7H2,1-2H3,(H2,11,14). The number of ether oxygens (including phenoxy) is 2. The maximum Gasteiger partial charge on any atom is 0.247 e. The minimum atomic E-state index is -1.14. The molecule has 0 aliphatic carbocycles. The molecule has 6 heteroatoms. The summed E-state index contributed by atoms with van der Waals surface area (Å²) in [6.07, 6.45) is -0.724. The molecule has 4 N–H and O–H groups in total. The summed E-state index contributed by atoms with van der Waals surface area (Å²) >= 11 is 0.